The lowest BCUT2D eigenvalue weighted by atomic mass is 10.1. The molecule has 1 saturated heterocycles. The Morgan fingerprint density at radius 3 is 2.53 bits per heavy atom. The summed E-state index contributed by atoms with van der Waals surface area (Å²) in [4.78, 5) is 22.3. The fourth-order valence-electron chi connectivity index (χ4n) is 3.71. The molecular formula is C26H38N4O2. The number of pyridine rings is 1. The van der Waals surface area contributed by atoms with E-state index < -0.39 is 0 Å². The van der Waals surface area contributed by atoms with Gasteiger partial charge in [-0.1, -0.05) is 70.8 Å². The van der Waals surface area contributed by atoms with E-state index in [-0.39, 0.29) is 11.5 Å². The molecule has 0 aromatic carbocycles. The van der Waals surface area contributed by atoms with Crippen LogP contribution in [0.1, 0.15) is 84.0 Å². The Bertz CT molecular complexity index is 768. The highest BCUT2D eigenvalue weighted by atomic mass is 16.7. The Hall–Kier alpha value is -2.81. The van der Waals surface area contributed by atoms with Crippen molar-refractivity contribution in [3.05, 3.63) is 47.8 Å². The van der Waals surface area contributed by atoms with Gasteiger partial charge in [0.2, 0.25) is 5.88 Å². The molecule has 1 fully saturated rings. The highest BCUT2D eigenvalue weighted by Crippen LogP contribution is 2.23. The van der Waals surface area contributed by atoms with Crippen molar-refractivity contribution in [1.29, 1.82) is 5.26 Å². The van der Waals surface area contributed by atoms with Crippen molar-refractivity contribution < 1.29 is 9.63 Å². The number of unbranched alkanes of at least 4 members (excludes halogenated alkanes) is 9. The average Bonchev–Trinajstić information content (AvgIpc) is 3.25. The van der Waals surface area contributed by atoms with Crippen LogP contribution in [-0.2, 0) is 4.79 Å². The minimum absolute atomic E-state index is 0.120. The van der Waals surface area contributed by atoms with Crippen molar-refractivity contribution in [2.75, 3.05) is 13.1 Å². The number of nitrogens with zero attached hydrogens (tertiary/aromatic N) is 3. The van der Waals surface area contributed by atoms with Crippen molar-refractivity contribution in [2.24, 2.45) is 0 Å². The summed E-state index contributed by atoms with van der Waals surface area (Å²) in [5, 5.41) is 14.0. The van der Waals surface area contributed by atoms with Crippen molar-refractivity contribution >= 4 is 5.91 Å². The number of hydrogen-bond donors (Lipinski definition) is 1. The maximum Gasteiger partial charge on any atom is 0.261 e. The molecule has 0 bridgehead atoms. The number of carbonyl (C=O) groups excluding carboxylic acids is 1. The molecule has 0 spiro atoms. The molecule has 6 nitrogen and oxygen atoms in total. The van der Waals surface area contributed by atoms with Gasteiger partial charge < -0.3 is 10.2 Å². The summed E-state index contributed by atoms with van der Waals surface area (Å²) in [5.41, 5.74) is 1.06. The first-order valence-electron chi connectivity index (χ1n) is 12.2. The molecule has 6 heteroatoms. The lowest BCUT2D eigenvalue weighted by molar-refractivity contribution is -0.117. The normalized spacial score (nSPS) is 15.1. The molecule has 32 heavy (non-hydrogen) atoms. The Morgan fingerprint density at radius 2 is 1.88 bits per heavy atom. The van der Waals surface area contributed by atoms with E-state index in [0.29, 0.717) is 12.4 Å². The first kappa shape index (κ1) is 25.5. The number of amides is 1. The van der Waals surface area contributed by atoms with E-state index in [4.69, 9.17) is 4.84 Å². The van der Waals surface area contributed by atoms with Gasteiger partial charge in [0.05, 0.1) is 12.2 Å². The van der Waals surface area contributed by atoms with Crippen molar-refractivity contribution in [3.63, 3.8) is 0 Å². The number of hydrogen-bond acceptors (Lipinski definition) is 5. The topological polar surface area (TPSA) is 78.2 Å². The fourth-order valence-corrected chi connectivity index (χ4v) is 3.71. The van der Waals surface area contributed by atoms with Crippen LogP contribution in [0.3, 0.4) is 0 Å². The molecule has 0 saturated carbocycles. The maximum absolute atomic E-state index is 12.3. The van der Waals surface area contributed by atoms with Gasteiger partial charge in [-0.3, -0.25) is 4.79 Å². The highest BCUT2D eigenvalue weighted by Gasteiger charge is 2.19. The number of nitrogens with one attached hydrogen (secondary N) is 1. The van der Waals surface area contributed by atoms with Crippen molar-refractivity contribution in [2.45, 2.75) is 84.0 Å². The van der Waals surface area contributed by atoms with E-state index in [1.54, 1.807) is 29.5 Å². The van der Waals surface area contributed by atoms with Gasteiger partial charge in [-0.2, -0.15) is 5.26 Å². The third-order valence-corrected chi connectivity index (χ3v) is 5.58. The molecule has 1 N–H and O–H groups in total. The minimum Gasteiger partial charge on any atom is -0.359 e. The number of aromatic nitrogens is 1. The molecule has 1 amide bonds. The number of hydroxylamine groups is 2. The van der Waals surface area contributed by atoms with E-state index in [2.05, 4.69) is 17.2 Å². The van der Waals surface area contributed by atoms with Gasteiger partial charge in [0.15, 0.2) is 0 Å². The third kappa shape index (κ3) is 10.00. The molecule has 0 unspecified atom stereocenters. The van der Waals surface area contributed by atoms with E-state index >= 15 is 0 Å². The zero-order valence-corrected chi connectivity index (χ0v) is 19.5. The SMILES string of the molecule is CCCCCCCCCCCCNC(=O)C(C#N)=CC=C1CCCN1Oc1ccccn1. The molecule has 2 rings (SSSR count). The van der Waals surface area contributed by atoms with Crippen LogP contribution in [0.15, 0.2) is 47.8 Å². The molecule has 0 aliphatic carbocycles. The summed E-state index contributed by atoms with van der Waals surface area (Å²) in [6.45, 7) is 3.61. The number of carbonyl (C=O) groups is 1. The number of allylic oxidation sites excluding steroid dienone is 3. The van der Waals surface area contributed by atoms with Gasteiger partial charge >= 0.3 is 0 Å². The van der Waals surface area contributed by atoms with Crippen LogP contribution < -0.4 is 10.2 Å². The summed E-state index contributed by atoms with van der Waals surface area (Å²) < 4.78 is 0. The van der Waals surface area contributed by atoms with Gasteiger partial charge in [-0.05, 0) is 37.5 Å². The molecule has 0 atom stereocenters. The average molecular weight is 439 g/mol. The van der Waals surface area contributed by atoms with Gasteiger partial charge in [-0.25, -0.2) is 10.0 Å². The first-order valence-corrected chi connectivity index (χ1v) is 12.2. The van der Waals surface area contributed by atoms with Crippen molar-refractivity contribution in [3.8, 4) is 11.9 Å². The smallest absolute Gasteiger partial charge is 0.261 e. The van der Waals surface area contributed by atoms with E-state index in [0.717, 1.165) is 37.9 Å². The Kier molecular flexibility index (Phi) is 12.7. The predicted octanol–water partition coefficient (Wildman–Crippen LogP) is 5.84. The quantitative estimate of drug-likeness (QED) is 0.211. The summed E-state index contributed by atoms with van der Waals surface area (Å²) in [6, 6.07) is 7.52. The second-order valence-electron chi connectivity index (χ2n) is 8.25. The largest absolute Gasteiger partial charge is 0.359 e. The number of nitriles is 1. The number of rotatable bonds is 15. The second-order valence-corrected chi connectivity index (χ2v) is 8.25. The second kappa shape index (κ2) is 15.9. The summed E-state index contributed by atoms with van der Waals surface area (Å²) >= 11 is 0. The highest BCUT2D eigenvalue weighted by molar-refractivity contribution is 5.97. The van der Waals surface area contributed by atoms with E-state index in [1.165, 1.54) is 51.4 Å². The Balaban J connectivity index is 1.66. The zero-order chi connectivity index (χ0) is 22.9. The van der Waals surface area contributed by atoms with Crippen molar-refractivity contribution in [1.82, 2.24) is 15.4 Å². The fraction of sp³-hybridized carbons (Fsp3) is 0.577. The van der Waals surface area contributed by atoms with Crippen LogP contribution in [0.2, 0.25) is 0 Å². The maximum atomic E-state index is 12.3. The molecule has 2 heterocycles. The monoisotopic (exact) mass is 438 g/mol. The predicted molar refractivity (Wildman–Crippen MR) is 127 cm³/mol. The summed E-state index contributed by atoms with van der Waals surface area (Å²) in [6.07, 6.45) is 19.4. The molecule has 1 aliphatic heterocycles. The zero-order valence-electron chi connectivity index (χ0n) is 19.5. The van der Waals surface area contributed by atoms with Crippen LogP contribution >= 0.6 is 0 Å². The van der Waals surface area contributed by atoms with Gasteiger partial charge in [0.25, 0.3) is 5.91 Å². The van der Waals surface area contributed by atoms with Crippen LogP contribution in [-0.4, -0.2) is 29.0 Å². The molecular weight excluding hydrogens is 400 g/mol. The molecule has 1 aromatic rings. The minimum atomic E-state index is -0.310. The lowest BCUT2D eigenvalue weighted by Gasteiger charge is -2.19. The Morgan fingerprint density at radius 1 is 1.16 bits per heavy atom. The van der Waals surface area contributed by atoms with E-state index in [9.17, 15) is 10.1 Å². The molecule has 174 valence electrons. The van der Waals surface area contributed by atoms with Crippen LogP contribution in [0, 0.1) is 11.3 Å². The van der Waals surface area contributed by atoms with Gasteiger partial charge in [0, 0.05) is 18.8 Å². The third-order valence-electron chi connectivity index (χ3n) is 5.58. The van der Waals surface area contributed by atoms with Gasteiger partial charge in [-0.15, -0.1) is 0 Å². The summed E-state index contributed by atoms with van der Waals surface area (Å²) in [7, 11) is 0. The molecule has 1 aromatic heterocycles. The Labute approximate surface area is 193 Å². The lowest BCUT2D eigenvalue weighted by Crippen LogP contribution is -2.25. The standard InChI is InChI=1S/C26H38N4O2/c1-2-3-4-5-6-7-8-9-10-12-20-29-26(31)23(22-27)17-18-24-15-14-21-30(24)32-25-16-11-13-19-28-25/h11,13,16-19H,2-10,12,14-15,20-21H2,1H3,(H,29,31). The van der Waals surface area contributed by atoms with Crippen LogP contribution in [0.4, 0.5) is 0 Å². The van der Waals surface area contributed by atoms with Crippen LogP contribution in [0.25, 0.3) is 0 Å². The summed E-state index contributed by atoms with van der Waals surface area (Å²) in [5.74, 6) is 0.217. The van der Waals surface area contributed by atoms with Crippen LogP contribution in [0.5, 0.6) is 5.88 Å². The first-order chi connectivity index (χ1) is 15.7. The van der Waals surface area contributed by atoms with E-state index in [1.807, 2.05) is 18.2 Å². The van der Waals surface area contributed by atoms with Gasteiger partial charge in [0.1, 0.15) is 11.6 Å². The molecule has 0 radical (unpaired) electrons. The molecule has 1 aliphatic rings.